The number of hydrogen-bond acceptors (Lipinski definition) is 3. The predicted molar refractivity (Wildman–Crippen MR) is 71.1 cm³/mol. The molecule has 3 nitrogen and oxygen atoms in total. The number of unbranched alkanes of at least 4 members (excludes halogenated alkanes) is 2. The van der Waals surface area contributed by atoms with Gasteiger partial charge in [-0.25, -0.2) is 0 Å². The van der Waals surface area contributed by atoms with Gasteiger partial charge >= 0.3 is 0 Å². The highest BCUT2D eigenvalue weighted by Crippen LogP contribution is 1.98. The SMILES string of the molecule is CCCCCS(=O)CC(O)CNCC(C)C. The number of nitrogens with one attached hydrogen (secondary N) is 1. The molecule has 2 N–H and O–H groups in total. The molecular weight excluding hydrogens is 222 g/mol. The van der Waals surface area contributed by atoms with Crippen LogP contribution in [0.3, 0.4) is 0 Å². The Kier molecular flexibility index (Phi) is 10.3. The molecule has 0 aliphatic rings. The second-order valence-electron chi connectivity index (χ2n) is 4.72. The zero-order valence-electron chi connectivity index (χ0n) is 10.9. The molecule has 0 saturated heterocycles. The first-order chi connectivity index (χ1) is 7.56. The van der Waals surface area contributed by atoms with E-state index in [2.05, 4.69) is 26.1 Å². The third-order valence-electron chi connectivity index (χ3n) is 2.29. The van der Waals surface area contributed by atoms with Gasteiger partial charge in [0.05, 0.1) is 11.9 Å². The summed E-state index contributed by atoms with van der Waals surface area (Å²) in [6, 6.07) is 0. The van der Waals surface area contributed by atoms with Crippen LogP contribution < -0.4 is 5.32 Å². The van der Waals surface area contributed by atoms with E-state index in [4.69, 9.17) is 0 Å². The highest BCUT2D eigenvalue weighted by Gasteiger charge is 2.09. The molecule has 2 atom stereocenters. The summed E-state index contributed by atoms with van der Waals surface area (Å²) in [7, 11) is -0.856. The third kappa shape index (κ3) is 10.6. The lowest BCUT2D eigenvalue weighted by atomic mass is 10.2. The van der Waals surface area contributed by atoms with E-state index >= 15 is 0 Å². The first-order valence-electron chi connectivity index (χ1n) is 6.30. The maximum absolute atomic E-state index is 11.5. The van der Waals surface area contributed by atoms with Gasteiger partial charge in [-0.1, -0.05) is 33.6 Å². The van der Waals surface area contributed by atoms with Gasteiger partial charge in [0.2, 0.25) is 0 Å². The molecule has 0 rings (SSSR count). The van der Waals surface area contributed by atoms with Crippen molar-refractivity contribution in [2.75, 3.05) is 24.6 Å². The molecule has 0 fully saturated rings. The average Bonchev–Trinajstić information content (AvgIpc) is 2.17. The van der Waals surface area contributed by atoms with Gasteiger partial charge in [0.1, 0.15) is 0 Å². The van der Waals surface area contributed by atoms with Crippen molar-refractivity contribution in [3.8, 4) is 0 Å². The van der Waals surface area contributed by atoms with Crippen LogP contribution in [0.4, 0.5) is 0 Å². The molecule has 0 aliphatic heterocycles. The predicted octanol–water partition coefficient (Wildman–Crippen LogP) is 1.53. The van der Waals surface area contributed by atoms with Crippen molar-refractivity contribution in [2.45, 2.75) is 46.1 Å². The van der Waals surface area contributed by atoms with E-state index in [1.54, 1.807) is 0 Å². The quantitative estimate of drug-likeness (QED) is 0.577. The van der Waals surface area contributed by atoms with E-state index in [1.165, 1.54) is 0 Å². The summed E-state index contributed by atoms with van der Waals surface area (Å²) < 4.78 is 11.5. The summed E-state index contributed by atoms with van der Waals surface area (Å²) in [6.07, 6.45) is 2.82. The summed E-state index contributed by atoms with van der Waals surface area (Å²) >= 11 is 0. The van der Waals surface area contributed by atoms with Crippen molar-refractivity contribution in [2.24, 2.45) is 5.92 Å². The minimum Gasteiger partial charge on any atom is -0.391 e. The fourth-order valence-corrected chi connectivity index (χ4v) is 2.65. The molecule has 0 heterocycles. The van der Waals surface area contributed by atoms with Crippen LogP contribution in [0.15, 0.2) is 0 Å². The molecule has 0 aromatic carbocycles. The van der Waals surface area contributed by atoms with Crippen molar-refractivity contribution in [3.63, 3.8) is 0 Å². The minimum atomic E-state index is -0.856. The number of rotatable bonds is 10. The van der Waals surface area contributed by atoms with Crippen LogP contribution in [-0.2, 0) is 10.8 Å². The summed E-state index contributed by atoms with van der Waals surface area (Å²) in [6.45, 7) is 7.84. The summed E-state index contributed by atoms with van der Waals surface area (Å²) in [5.41, 5.74) is 0. The Balaban J connectivity index is 3.46. The fraction of sp³-hybridized carbons (Fsp3) is 1.00. The Hall–Kier alpha value is 0.0700. The minimum absolute atomic E-state index is 0.412. The molecule has 0 amide bonds. The van der Waals surface area contributed by atoms with E-state index in [0.29, 0.717) is 18.2 Å². The molecule has 2 unspecified atom stereocenters. The van der Waals surface area contributed by atoms with Gasteiger partial charge in [-0.3, -0.25) is 4.21 Å². The van der Waals surface area contributed by atoms with E-state index in [-0.39, 0.29) is 0 Å². The van der Waals surface area contributed by atoms with Crippen LogP contribution in [-0.4, -0.2) is 40.0 Å². The summed E-state index contributed by atoms with van der Waals surface area (Å²) in [4.78, 5) is 0. The molecule has 0 saturated carbocycles. The van der Waals surface area contributed by atoms with Crippen molar-refractivity contribution in [3.05, 3.63) is 0 Å². The molecule has 0 aromatic rings. The maximum Gasteiger partial charge on any atom is 0.0779 e. The fourth-order valence-electron chi connectivity index (χ4n) is 1.41. The van der Waals surface area contributed by atoms with E-state index in [1.807, 2.05) is 0 Å². The van der Waals surface area contributed by atoms with Gasteiger partial charge in [-0.05, 0) is 18.9 Å². The largest absolute Gasteiger partial charge is 0.391 e. The van der Waals surface area contributed by atoms with Crippen molar-refractivity contribution in [1.29, 1.82) is 0 Å². The van der Waals surface area contributed by atoms with Gasteiger partial charge in [0.25, 0.3) is 0 Å². The Morgan fingerprint density at radius 3 is 2.50 bits per heavy atom. The van der Waals surface area contributed by atoms with Crippen molar-refractivity contribution < 1.29 is 9.32 Å². The van der Waals surface area contributed by atoms with Crippen molar-refractivity contribution >= 4 is 10.8 Å². The summed E-state index contributed by atoms with van der Waals surface area (Å²) in [5, 5.41) is 12.8. The molecule has 4 heteroatoms. The number of hydrogen-bond donors (Lipinski definition) is 2. The van der Waals surface area contributed by atoms with Crippen LogP contribution >= 0.6 is 0 Å². The van der Waals surface area contributed by atoms with Gasteiger partial charge in [0.15, 0.2) is 0 Å². The second-order valence-corrected chi connectivity index (χ2v) is 6.34. The van der Waals surface area contributed by atoms with E-state index in [9.17, 15) is 9.32 Å². The molecule has 16 heavy (non-hydrogen) atoms. The Morgan fingerprint density at radius 1 is 1.25 bits per heavy atom. The van der Waals surface area contributed by atoms with Crippen LogP contribution in [0.2, 0.25) is 0 Å². The van der Waals surface area contributed by atoms with Gasteiger partial charge in [-0.15, -0.1) is 0 Å². The highest BCUT2D eigenvalue weighted by molar-refractivity contribution is 7.85. The maximum atomic E-state index is 11.5. The first-order valence-corrected chi connectivity index (χ1v) is 7.78. The average molecular weight is 249 g/mol. The smallest absolute Gasteiger partial charge is 0.0779 e. The molecule has 0 radical (unpaired) electrons. The lowest BCUT2D eigenvalue weighted by molar-refractivity contribution is 0.193. The van der Waals surface area contributed by atoms with E-state index in [0.717, 1.165) is 31.6 Å². The Morgan fingerprint density at radius 2 is 1.94 bits per heavy atom. The van der Waals surface area contributed by atoms with Crippen LogP contribution in [0.5, 0.6) is 0 Å². The van der Waals surface area contributed by atoms with Gasteiger partial charge in [0, 0.05) is 23.1 Å². The normalized spacial score (nSPS) is 15.3. The molecule has 98 valence electrons. The van der Waals surface area contributed by atoms with Crippen LogP contribution in [0.25, 0.3) is 0 Å². The number of aliphatic hydroxyl groups is 1. The lowest BCUT2D eigenvalue weighted by Crippen LogP contribution is -2.33. The molecule has 0 spiro atoms. The molecule has 0 aromatic heterocycles. The first kappa shape index (κ1) is 16.1. The number of aliphatic hydroxyl groups excluding tert-OH is 1. The topological polar surface area (TPSA) is 49.3 Å². The Labute approximate surface area is 102 Å². The van der Waals surface area contributed by atoms with Crippen LogP contribution in [0, 0.1) is 5.92 Å². The second kappa shape index (κ2) is 10.2. The van der Waals surface area contributed by atoms with Gasteiger partial charge in [-0.2, -0.15) is 0 Å². The van der Waals surface area contributed by atoms with Crippen LogP contribution in [0.1, 0.15) is 40.0 Å². The monoisotopic (exact) mass is 249 g/mol. The summed E-state index contributed by atoms with van der Waals surface area (Å²) in [5.74, 6) is 1.73. The lowest BCUT2D eigenvalue weighted by Gasteiger charge is -2.12. The zero-order valence-corrected chi connectivity index (χ0v) is 11.7. The Bertz CT molecular complexity index is 186. The third-order valence-corrected chi connectivity index (χ3v) is 3.79. The van der Waals surface area contributed by atoms with Gasteiger partial charge < -0.3 is 10.4 Å². The van der Waals surface area contributed by atoms with E-state index < -0.39 is 16.9 Å². The zero-order chi connectivity index (χ0) is 12.4. The molecule has 0 aliphatic carbocycles. The molecule has 0 bridgehead atoms. The van der Waals surface area contributed by atoms with Crippen molar-refractivity contribution in [1.82, 2.24) is 5.32 Å². The standard InChI is InChI=1S/C12H27NO2S/c1-4-5-6-7-16(15)10-12(14)9-13-8-11(2)3/h11-14H,4-10H2,1-3H3. The molecular formula is C12H27NO2S. The highest BCUT2D eigenvalue weighted by atomic mass is 32.2.